The summed E-state index contributed by atoms with van der Waals surface area (Å²) in [5, 5.41) is 18.2. The zero-order valence-corrected chi connectivity index (χ0v) is 16.2. The fourth-order valence-electron chi connectivity index (χ4n) is 3.14. The van der Waals surface area contributed by atoms with E-state index in [1.54, 1.807) is 23.1 Å². The summed E-state index contributed by atoms with van der Waals surface area (Å²) in [6, 6.07) is 5.23. The van der Waals surface area contributed by atoms with Crippen molar-refractivity contribution in [2.24, 2.45) is 7.05 Å². The van der Waals surface area contributed by atoms with Gasteiger partial charge in [-0.05, 0) is 24.6 Å². The molecule has 0 aliphatic carbocycles. The molecule has 3 heterocycles. The van der Waals surface area contributed by atoms with Crippen LogP contribution in [0.1, 0.15) is 23.7 Å². The molecule has 0 bridgehead atoms. The number of rotatable bonds is 5. The van der Waals surface area contributed by atoms with E-state index in [0.29, 0.717) is 39.6 Å². The van der Waals surface area contributed by atoms with Gasteiger partial charge < -0.3 is 15.4 Å². The fourth-order valence-corrected chi connectivity index (χ4v) is 3.30. The van der Waals surface area contributed by atoms with Gasteiger partial charge >= 0.3 is 0 Å². The second kappa shape index (κ2) is 7.21. The molecule has 1 aromatic carbocycles. The van der Waals surface area contributed by atoms with E-state index in [-0.39, 0.29) is 18.6 Å². The molecule has 1 unspecified atom stereocenters. The lowest BCUT2D eigenvalue weighted by atomic mass is 10.1. The molecule has 144 valence electrons. The first kappa shape index (κ1) is 18.4. The van der Waals surface area contributed by atoms with E-state index in [1.807, 2.05) is 26.1 Å². The third-order valence-electron chi connectivity index (χ3n) is 4.73. The van der Waals surface area contributed by atoms with Crippen molar-refractivity contribution in [1.29, 1.82) is 0 Å². The molecule has 3 N–H and O–H groups in total. The van der Waals surface area contributed by atoms with Crippen molar-refractivity contribution in [3.8, 4) is 11.4 Å². The van der Waals surface area contributed by atoms with Gasteiger partial charge in [0, 0.05) is 23.7 Å². The molecule has 0 fully saturated rings. The van der Waals surface area contributed by atoms with Gasteiger partial charge in [-0.1, -0.05) is 18.5 Å². The Morgan fingerprint density at radius 3 is 3.00 bits per heavy atom. The number of aromatic amines is 1. The number of carbonyl (C=O) groups is 1. The highest BCUT2D eigenvalue weighted by Crippen LogP contribution is 2.29. The monoisotopic (exact) mass is 398 g/mol. The molecular formula is C19H19ClN6O2. The Labute approximate surface area is 165 Å². The minimum absolute atomic E-state index is 0.121. The van der Waals surface area contributed by atoms with Gasteiger partial charge in [0.1, 0.15) is 16.9 Å². The number of benzene rings is 1. The minimum atomic E-state index is -0.309. The molecule has 0 radical (unpaired) electrons. The first-order chi connectivity index (χ1) is 13.5. The van der Waals surface area contributed by atoms with Crippen LogP contribution in [0.5, 0.6) is 0 Å². The molecule has 9 heteroatoms. The van der Waals surface area contributed by atoms with Crippen LogP contribution in [0.2, 0.25) is 5.02 Å². The molecule has 1 amide bonds. The molecule has 4 rings (SSSR count). The van der Waals surface area contributed by atoms with Crippen LogP contribution in [0.3, 0.4) is 0 Å². The van der Waals surface area contributed by atoms with Gasteiger partial charge in [-0.2, -0.15) is 5.10 Å². The number of aromatic nitrogens is 5. The van der Waals surface area contributed by atoms with Crippen molar-refractivity contribution in [2.45, 2.75) is 19.4 Å². The number of halogens is 1. The highest BCUT2D eigenvalue weighted by atomic mass is 35.5. The summed E-state index contributed by atoms with van der Waals surface area (Å²) >= 11 is 6.09. The Kier molecular flexibility index (Phi) is 4.74. The quantitative estimate of drug-likeness (QED) is 0.479. The molecule has 28 heavy (non-hydrogen) atoms. The SMILES string of the molecule is CCC(CO)NC(=O)c1c[nH]c2ncc(-c3nn(C)c4cc(Cl)ccc34)nc12. The summed E-state index contributed by atoms with van der Waals surface area (Å²) in [6.45, 7) is 1.77. The number of amides is 1. The maximum atomic E-state index is 12.6. The summed E-state index contributed by atoms with van der Waals surface area (Å²) in [6.07, 6.45) is 3.83. The second-order valence-corrected chi connectivity index (χ2v) is 6.99. The smallest absolute Gasteiger partial charge is 0.255 e. The number of hydrogen-bond acceptors (Lipinski definition) is 5. The standard InChI is InChI=1S/C19H19ClN6O2/c1-3-11(9-27)23-19(28)13-7-21-18-17(13)24-14(8-22-18)16-12-5-4-10(20)6-15(12)26(2)25-16/h4-8,11,27H,3,9H2,1-2H3,(H,21,22)(H,23,28). The number of hydrogen-bond donors (Lipinski definition) is 3. The summed E-state index contributed by atoms with van der Waals surface area (Å²) in [5.41, 5.74) is 3.44. The maximum Gasteiger partial charge on any atom is 0.255 e. The van der Waals surface area contributed by atoms with Gasteiger partial charge in [0.25, 0.3) is 5.91 Å². The Morgan fingerprint density at radius 2 is 2.25 bits per heavy atom. The molecule has 0 saturated carbocycles. The molecule has 8 nitrogen and oxygen atoms in total. The van der Waals surface area contributed by atoms with E-state index >= 15 is 0 Å². The lowest BCUT2D eigenvalue weighted by Gasteiger charge is -2.13. The van der Waals surface area contributed by atoms with Crippen LogP contribution in [0, 0.1) is 0 Å². The third kappa shape index (κ3) is 3.10. The molecular weight excluding hydrogens is 380 g/mol. The van der Waals surface area contributed by atoms with Crippen molar-refractivity contribution in [3.63, 3.8) is 0 Å². The van der Waals surface area contributed by atoms with Crippen molar-refractivity contribution >= 4 is 39.6 Å². The molecule has 3 aromatic heterocycles. The summed E-state index contributed by atoms with van der Waals surface area (Å²) < 4.78 is 1.74. The average molecular weight is 399 g/mol. The van der Waals surface area contributed by atoms with Crippen LogP contribution in [0.15, 0.2) is 30.6 Å². The van der Waals surface area contributed by atoms with Gasteiger partial charge in [-0.25, -0.2) is 9.97 Å². The van der Waals surface area contributed by atoms with Crippen LogP contribution in [-0.4, -0.2) is 48.4 Å². The molecule has 0 aliphatic heterocycles. The summed E-state index contributed by atoms with van der Waals surface area (Å²) in [4.78, 5) is 24.6. The van der Waals surface area contributed by atoms with E-state index in [4.69, 9.17) is 11.6 Å². The summed E-state index contributed by atoms with van der Waals surface area (Å²) in [5.74, 6) is -0.309. The highest BCUT2D eigenvalue weighted by Gasteiger charge is 2.19. The number of H-pyrrole nitrogens is 1. The third-order valence-corrected chi connectivity index (χ3v) is 4.97. The van der Waals surface area contributed by atoms with Crippen LogP contribution in [0.25, 0.3) is 33.5 Å². The van der Waals surface area contributed by atoms with E-state index in [2.05, 4.69) is 25.4 Å². The number of aryl methyl sites for hydroxylation is 1. The van der Waals surface area contributed by atoms with E-state index < -0.39 is 0 Å². The number of carbonyl (C=O) groups excluding carboxylic acids is 1. The first-order valence-electron chi connectivity index (χ1n) is 8.90. The molecule has 4 aromatic rings. The Hall–Kier alpha value is -2.97. The van der Waals surface area contributed by atoms with Crippen LogP contribution in [0.4, 0.5) is 0 Å². The van der Waals surface area contributed by atoms with E-state index in [1.165, 1.54) is 0 Å². The van der Waals surface area contributed by atoms with Gasteiger partial charge in [-0.3, -0.25) is 9.48 Å². The van der Waals surface area contributed by atoms with Gasteiger partial charge in [0.05, 0.1) is 29.9 Å². The Morgan fingerprint density at radius 1 is 1.43 bits per heavy atom. The number of aliphatic hydroxyl groups is 1. The maximum absolute atomic E-state index is 12.6. The zero-order chi connectivity index (χ0) is 19.8. The normalized spacial score (nSPS) is 12.6. The van der Waals surface area contributed by atoms with Crippen LogP contribution < -0.4 is 5.32 Å². The van der Waals surface area contributed by atoms with Gasteiger partial charge in [0.2, 0.25) is 0 Å². The number of aliphatic hydroxyl groups excluding tert-OH is 1. The highest BCUT2D eigenvalue weighted by molar-refractivity contribution is 6.31. The Bertz CT molecular complexity index is 1180. The predicted molar refractivity (Wildman–Crippen MR) is 107 cm³/mol. The molecule has 0 spiro atoms. The van der Waals surface area contributed by atoms with Crippen molar-refractivity contribution in [3.05, 3.63) is 41.2 Å². The first-order valence-corrected chi connectivity index (χ1v) is 9.28. The molecule has 1 atom stereocenters. The van der Waals surface area contributed by atoms with Crippen LogP contribution >= 0.6 is 11.6 Å². The van der Waals surface area contributed by atoms with E-state index in [9.17, 15) is 9.90 Å². The fraction of sp³-hybridized carbons (Fsp3) is 0.263. The topological polar surface area (TPSA) is 109 Å². The number of nitrogens with one attached hydrogen (secondary N) is 2. The lowest BCUT2D eigenvalue weighted by Crippen LogP contribution is -2.36. The Balaban J connectivity index is 1.79. The number of nitrogens with zero attached hydrogens (tertiary/aromatic N) is 4. The van der Waals surface area contributed by atoms with Gasteiger partial charge in [0.15, 0.2) is 5.65 Å². The molecule has 0 saturated heterocycles. The van der Waals surface area contributed by atoms with Gasteiger partial charge in [-0.15, -0.1) is 0 Å². The van der Waals surface area contributed by atoms with Crippen molar-refractivity contribution in [1.82, 2.24) is 30.0 Å². The van der Waals surface area contributed by atoms with E-state index in [0.717, 1.165) is 10.9 Å². The second-order valence-electron chi connectivity index (χ2n) is 6.55. The van der Waals surface area contributed by atoms with Crippen LogP contribution in [-0.2, 0) is 7.05 Å². The predicted octanol–water partition coefficient (Wildman–Crippen LogP) is 2.67. The number of fused-ring (bicyclic) bond motifs is 2. The lowest BCUT2D eigenvalue weighted by molar-refractivity contribution is 0.0916. The summed E-state index contributed by atoms with van der Waals surface area (Å²) in [7, 11) is 1.84. The largest absolute Gasteiger partial charge is 0.394 e. The zero-order valence-electron chi connectivity index (χ0n) is 15.4. The minimum Gasteiger partial charge on any atom is -0.394 e. The average Bonchev–Trinajstić information content (AvgIpc) is 3.26. The van der Waals surface area contributed by atoms with Crippen molar-refractivity contribution in [2.75, 3.05) is 6.61 Å². The van der Waals surface area contributed by atoms with Crippen molar-refractivity contribution < 1.29 is 9.90 Å². The molecule has 0 aliphatic rings.